The quantitative estimate of drug-likeness (QED) is 0.182. The fourth-order valence-corrected chi connectivity index (χ4v) is 7.81. The van der Waals surface area contributed by atoms with Gasteiger partial charge < -0.3 is 29.3 Å². The maximum absolute atomic E-state index is 14.6. The Balaban J connectivity index is 1.12. The minimum atomic E-state index is -4.64. The Morgan fingerprint density at radius 1 is 0.967 bits per heavy atom. The number of benzene rings is 3. The van der Waals surface area contributed by atoms with Crippen LogP contribution in [0.3, 0.4) is 0 Å². The van der Waals surface area contributed by atoms with E-state index in [1.54, 1.807) is 46.5 Å². The Morgan fingerprint density at radius 2 is 1.72 bits per heavy atom. The monoisotopic (exact) mass is 854 g/mol. The molecule has 8 rings (SSSR count). The van der Waals surface area contributed by atoms with E-state index in [-0.39, 0.29) is 90.5 Å². The van der Waals surface area contributed by atoms with Crippen LogP contribution in [0, 0.1) is 6.92 Å². The number of halogens is 4. The van der Waals surface area contributed by atoms with E-state index in [4.69, 9.17) is 21.3 Å². The topological polar surface area (TPSA) is 160 Å². The summed E-state index contributed by atoms with van der Waals surface area (Å²) in [5, 5.41) is 6.89. The minimum absolute atomic E-state index is 0.0388. The molecule has 5 heterocycles. The number of carbonyl (C=O) groups excluding carboxylic acids is 3. The van der Waals surface area contributed by atoms with E-state index in [1.165, 1.54) is 6.33 Å². The zero-order chi connectivity index (χ0) is 43.2. The third-order valence-corrected chi connectivity index (χ3v) is 11.0. The first-order chi connectivity index (χ1) is 29.2. The van der Waals surface area contributed by atoms with Gasteiger partial charge in [0.25, 0.3) is 17.4 Å². The number of carbonyl (C=O) groups is 3. The van der Waals surface area contributed by atoms with Gasteiger partial charge in [-0.3, -0.25) is 19.2 Å². The van der Waals surface area contributed by atoms with Gasteiger partial charge in [-0.1, -0.05) is 54.9 Å². The molecule has 19 heteroatoms. The average Bonchev–Trinajstić information content (AvgIpc) is 3.82. The van der Waals surface area contributed by atoms with Gasteiger partial charge in [0.15, 0.2) is 17.3 Å². The molecule has 0 bridgehead atoms. The van der Waals surface area contributed by atoms with Crippen molar-refractivity contribution in [1.29, 1.82) is 0 Å². The second kappa shape index (κ2) is 16.3. The normalized spacial score (nSPS) is 14.1. The van der Waals surface area contributed by atoms with Crippen LogP contribution in [0.4, 0.5) is 24.5 Å². The summed E-state index contributed by atoms with van der Waals surface area (Å²) in [6.45, 7) is 4.59. The lowest BCUT2D eigenvalue weighted by molar-refractivity contribution is -0.137. The molecule has 3 amide bonds. The van der Waals surface area contributed by atoms with E-state index >= 15 is 0 Å². The van der Waals surface area contributed by atoms with Crippen molar-refractivity contribution < 1.29 is 32.3 Å². The van der Waals surface area contributed by atoms with E-state index in [0.717, 1.165) is 33.8 Å². The van der Waals surface area contributed by atoms with Gasteiger partial charge in [-0.25, -0.2) is 9.97 Å². The van der Waals surface area contributed by atoms with Crippen molar-refractivity contribution in [3.63, 3.8) is 0 Å². The SMILES string of the molecule is CCc1c(N2CCN(C(=O)c3ncnc(C)c3OCc3ccccc3)CC2)c(=O)n2nc(-c3ccc4c(c3)CN(C)C4=O)nc2n1CC(=O)Nc1ccc(C(F)(F)F)cc1Cl. The van der Waals surface area contributed by atoms with Crippen LogP contribution in [0.15, 0.2) is 77.9 Å². The number of piperazine rings is 1. The molecule has 0 saturated carbocycles. The van der Waals surface area contributed by atoms with Crippen molar-refractivity contribution in [2.45, 2.75) is 46.1 Å². The Bertz CT molecular complexity index is 2770. The van der Waals surface area contributed by atoms with Crippen molar-refractivity contribution in [1.82, 2.24) is 38.9 Å². The van der Waals surface area contributed by atoms with Crippen molar-refractivity contribution in [2.24, 2.45) is 0 Å². The largest absolute Gasteiger partial charge is 0.485 e. The molecule has 0 aliphatic carbocycles. The summed E-state index contributed by atoms with van der Waals surface area (Å²) in [5.74, 6) is -0.650. The number of anilines is 2. The molecule has 0 unspecified atom stereocenters. The molecule has 0 atom stereocenters. The summed E-state index contributed by atoms with van der Waals surface area (Å²) in [7, 11) is 1.69. The summed E-state index contributed by atoms with van der Waals surface area (Å²) >= 11 is 6.18. The number of alkyl halides is 3. The van der Waals surface area contributed by atoms with E-state index in [1.807, 2.05) is 42.2 Å². The van der Waals surface area contributed by atoms with Gasteiger partial charge in [0.05, 0.1) is 27.7 Å². The Morgan fingerprint density at radius 3 is 2.43 bits per heavy atom. The summed E-state index contributed by atoms with van der Waals surface area (Å²) < 4.78 is 48.8. The van der Waals surface area contributed by atoms with Crippen molar-refractivity contribution in [2.75, 3.05) is 43.4 Å². The number of nitrogens with zero attached hydrogens (tertiary/aromatic N) is 9. The maximum Gasteiger partial charge on any atom is 0.416 e. The third-order valence-electron chi connectivity index (χ3n) is 10.7. The van der Waals surface area contributed by atoms with E-state index in [2.05, 4.69) is 20.4 Å². The number of aromatic nitrogens is 6. The lowest BCUT2D eigenvalue weighted by Gasteiger charge is -2.36. The van der Waals surface area contributed by atoms with E-state index in [9.17, 15) is 32.3 Å². The van der Waals surface area contributed by atoms with Crippen LogP contribution in [0.25, 0.3) is 17.2 Å². The van der Waals surface area contributed by atoms with Crippen LogP contribution in [-0.4, -0.2) is 89.9 Å². The average molecular weight is 855 g/mol. The van der Waals surface area contributed by atoms with Crippen LogP contribution in [0.5, 0.6) is 5.75 Å². The van der Waals surface area contributed by atoms with Gasteiger partial charge in [0, 0.05) is 50.9 Å². The molecule has 2 aliphatic rings. The Kier molecular flexibility index (Phi) is 11.0. The smallest absolute Gasteiger partial charge is 0.416 e. The van der Waals surface area contributed by atoms with Gasteiger partial charge in [0.2, 0.25) is 11.7 Å². The Hall–Kier alpha value is -6.82. The fourth-order valence-electron chi connectivity index (χ4n) is 7.58. The van der Waals surface area contributed by atoms with Crippen LogP contribution < -0.4 is 20.5 Å². The summed E-state index contributed by atoms with van der Waals surface area (Å²) in [4.78, 5) is 73.2. The molecule has 0 radical (unpaired) electrons. The molecule has 3 aromatic heterocycles. The molecular weight excluding hydrogens is 817 g/mol. The molecule has 15 nitrogen and oxygen atoms in total. The number of ether oxygens (including phenoxy) is 1. The number of hydrogen-bond acceptors (Lipinski definition) is 10. The molecule has 6 aromatic rings. The Labute approximate surface area is 351 Å². The molecule has 3 aromatic carbocycles. The lowest BCUT2D eigenvalue weighted by Crippen LogP contribution is -2.51. The molecule has 1 saturated heterocycles. The highest BCUT2D eigenvalue weighted by Gasteiger charge is 2.33. The molecule has 0 spiro atoms. The lowest BCUT2D eigenvalue weighted by atomic mass is 10.1. The highest BCUT2D eigenvalue weighted by atomic mass is 35.5. The standard InChI is InChI=1S/C42H38ClF3N10O5/c1-4-32-35(53-14-16-54(17-15-53)39(59)34-36(24(2)47-23-48-34)61-22-25-8-6-5-7-9-25)40(60)56-41(50-37(51-56)26-10-12-29-27(18-26)20-52(3)38(29)58)55(32)21-33(57)49-31-13-11-28(19-30(31)43)42(44,45)46/h5-13,18-19,23H,4,14-17,20-22H2,1-3H3,(H,49,57). The minimum Gasteiger partial charge on any atom is -0.485 e. The van der Waals surface area contributed by atoms with E-state index < -0.39 is 29.8 Å². The molecule has 1 N–H and O–H groups in total. The van der Waals surface area contributed by atoms with Crippen LogP contribution in [0.1, 0.15) is 55.8 Å². The van der Waals surface area contributed by atoms with Crippen molar-refractivity contribution >= 4 is 46.5 Å². The van der Waals surface area contributed by atoms with Gasteiger partial charge >= 0.3 is 6.18 Å². The number of aryl methyl sites for hydroxylation is 1. The van der Waals surface area contributed by atoms with Gasteiger partial charge in [-0.15, -0.1) is 5.10 Å². The number of amides is 3. The maximum atomic E-state index is 14.6. The molecule has 314 valence electrons. The third kappa shape index (κ3) is 7.97. The summed E-state index contributed by atoms with van der Waals surface area (Å²) in [6, 6.07) is 17.3. The first-order valence-electron chi connectivity index (χ1n) is 19.3. The van der Waals surface area contributed by atoms with E-state index in [0.29, 0.717) is 29.1 Å². The van der Waals surface area contributed by atoms with Crippen LogP contribution in [0.2, 0.25) is 5.02 Å². The molecule has 2 aliphatic heterocycles. The second-order valence-electron chi connectivity index (χ2n) is 14.7. The number of hydrogen-bond donors (Lipinski definition) is 1. The zero-order valence-corrected chi connectivity index (χ0v) is 33.9. The number of fused-ring (bicyclic) bond motifs is 2. The zero-order valence-electron chi connectivity index (χ0n) is 33.2. The number of nitrogens with one attached hydrogen (secondary N) is 1. The predicted octanol–water partition coefficient (Wildman–Crippen LogP) is 5.66. The first-order valence-corrected chi connectivity index (χ1v) is 19.7. The van der Waals surface area contributed by atoms with Gasteiger partial charge in [-0.2, -0.15) is 22.7 Å². The highest BCUT2D eigenvalue weighted by molar-refractivity contribution is 6.33. The highest BCUT2D eigenvalue weighted by Crippen LogP contribution is 2.34. The van der Waals surface area contributed by atoms with Gasteiger partial charge in [-0.05, 0) is 54.8 Å². The summed E-state index contributed by atoms with van der Waals surface area (Å²) in [6.07, 6.45) is -3.07. The van der Waals surface area contributed by atoms with Crippen LogP contribution >= 0.6 is 11.6 Å². The molecular formula is C42H38ClF3N10O5. The predicted molar refractivity (Wildman–Crippen MR) is 219 cm³/mol. The van der Waals surface area contributed by atoms with Gasteiger partial charge in [0.1, 0.15) is 25.2 Å². The van der Waals surface area contributed by atoms with Crippen LogP contribution in [-0.2, 0) is 37.1 Å². The molecule has 61 heavy (non-hydrogen) atoms. The summed E-state index contributed by atoms with van der Waals surface area (Å²) in [5.41, 5.74) is 2.54. The molecule has 1 fully saturated rings. The first kappa shape index (κ1) is 40.9. The number of rotatable bonds is 10. The second-order valence-corrected chi connectivity index (χ2v) is 15.1. The fraction of sp³-hybridized carbons (Fsp3) is 0.286. The van der Waals surface area contributed by atoms with Crippen molar-refractivity contribution in [3.05, 3.63) is 128 Å². The van der Waals surface area contributed by atoms with Crippen molar-refractivity contribution in [3.8, 4) is 17.1 Å².